The van der Waals surface area contributed by atoms with Crippen LogP contribution in [0.2, 0.25) is 0 Å². The molecular formula is C8H14O11S2. The Morgan fingerprint density at radius 2 is 1.62 bits per heavy atom. The molecule has 2 atom stereocenters. The molecule has 124 valence electrons. The minimum absolute atomic E-state index is 0.0894. The number of unbranched alkanes of at least 4 members (excludes halogenated alkanes) is 1. The smallest absolute Gasteiger partial charge is 0.466 e. The molecule has 11 nitrogen and oxygen atoms in total. The number of aliphatic hydroxyl groups excluding tert-OH is 2. The number of carboxylic acids is 1. The number of carboxylic acid groups (broad SMARTS) is 1. The molecule has 0 radical (unpaired) electrons. The van der Waals surface area contributed by atoms with Crippen molar-refractivity contribution in [2.75, 3.05) is 5.75 Å². The van der Waals surface area contributed by atoms with E-state index in [2.05, 4.69) is 7.81 Å². The van der Waals surface area contributed by atoms with E-state index in [1.165, 1.54) is 0 Å². The monoisotopic (exact) mass is 350 g/mol. The highest BCUT2D eigenvalue weighted by molar-refractivity contribution is 7.97. The molecule has 0 fully saturated rings. The van der Waals surface area contributed by atoms with Crippen LogP contribution in [-0.2, 0) is 37.9 Å². The minimum Gasteiger partial charge on any atom is -0.479 e. The van der Waals surface area contributed by atoms with Crippen molar-refractivity contribution >= 4 is 32.5 Å². The quantitative estimate of drug-likeness (QED) is 0.407. The zero-order valence-electron chi connectivity index (χ0n) is 10.7. The molecule has 0 aliphatic heterocycles. The van der Waals surface area contributed by atoms with Gasteiger partial charge in [0.1, 0.15) is 0 Å². The summed E-state index contributed by atoms with van der Waals surface area (Å²) in [4.78, 5) is 21.3. The average molecular weight is 350 g/mol. The van der Waals surface area contributed by atoms with E-state index in [1.54, 1.807) is 6.92 Å². The molecule has 0 aromatic heterocycles. The van der Waals surface area contributed by atoms with Crippen LogP contribution in [0.5, 0.6) is 0 Å². The molecule has 0 amide bonds. The molecule has 0 rings (SSSR count). The fourth-order valence-electron chi connectivity index (χ4n) is 0.910. The molecule has 0 saturated carbocycles. The zero-order valence-corrected chi connectivity index (χ0v) is 12.3. The summed E-state index contributed by atoms with van der Waals surface area (Å²) in [6, 6.07) is 0. The summed E-state index contributed by atoms with van der Waals surface area (Å²) in [5.41, 5.74) is 0. The van der Waals surface area contributed by atoms with E-state index >= 15 is 0 Å². The topological polar surface area (TPSA) is 182 Å². The molecule has 0 heterocycles. The van der Waals surface area contributed by atoms with Crippen LogP contribution in [-0.4, -0.2) is 62.1 Å². The molecule has 21 heavy (non-hydrogen) atoms. The zero-order chi connectivity index (χ0) is 16.8. The van der Waals surface area contributed by atoms with Crippen LogP contribution < -0.4 is 0 Å². The van der Waals surface area contributed by atoms with Gasteiger partial charge in [-0.3, -0.25) is 0 Å². The van der Waals surface area contributed by atoms with E-state index in [0.717, 1.165) is 0 Å². The molecule has 0 bridgehead atoms. The molecule has 0 aliphatic carbocycles. The van der Waals surface area contributed by atoms with E-state index in [4.69, 9.17) is 15.3 Å². The van der Waals surface area contributed by atoms with E-state index in [-0.39, 0.29) is 6.42 Å². The van der Waals surface area contributed by atoms with Crippen molar-refractivity contribution in [2.24, 2.45) is 0 Å². The van der Waals surface area contributed by atoms with Crippen LogP contribution >= 0.6 is 0 Å². The number of rotatable bonds is 9. The van der Waals surface area contributed by atoms with Gasteiger partial charge in [-0.1, -0.05) is 13.3 Å². The van der Waals surface area contributed by atoms with Crippen LogP contribution in [0.1, 0.15) is 19.8 Å². The van der Waals surface area contributed by atoms with E-state index in [0.29, 0.717) is 6.42 Å². The second kappa shape index (κ2) is 7.65. The second-order valence-electron chi connectivity index (χ2n) is 3.72. The van der Waals surface area contributed by atoms with Crippen molar-refractivity contribution in [3.63, 3.8) is 0 Å². The summed E-state index contributed by atoms with van der Waals surface area (Å²) in [6.07, 6.45) is -4.87. The summed E-state index contributed by atoms with van der Waals surface area (Å²) in [5, 5.41) is 26.1. The first-order chi connectivity index (χ1) is 9.42. The van der Waals surface area contributed by atoms with Crippen LogP contribution in [0.15, 0.2) is 0 Å². The van der Waals surface area contributed by atoms with Crippen molar-refractivity contribution in [2.45, 2.75) is 32.0 Å². The van der Waals surface area contributed by atoms with Crippen molar-refractivity contribution < 1.29 is 49.6 Å². The Hall–Kier alpha value is -1.28. The van der Waals surface area contributed by atoms with Crippen LogP contribution in [0, 0.1) is 0 Å². The molecule has 0 saturated heterocycles. The first kappa shape index (κ1) is 19.7. The van der Waals surface area contributed by atoms with Gasteiger partial charge in [0, 0.05) is 0 Å². The summed E-state index contributed by atoms with van der Waals surface area (Å²) in [6.45, 7) is 1.63. The maximum Gasteiger partial charge on any atom is 0.466 e. The van der Waals surface area contributed by atoms with Gasteiger partial charge >= 0.3 is 22.3 Å². The largest absolute Gasteiger partial charge is 0.479 e. The second-order valence-corrected chi connectivity index (χ2v) is 6.77. The van der Waals surface area contributed by atoms with Crippen molar-refractivity contribution in [1.82, 2.24) is 0 Å². The predicted octanol–water partition coefficient (Wildman–Crippen LogP) is -2.27. The van der Waals surface area contributed by atoms with Gasteiger partial charge in [-0.05, 0) is 6.42 Å². The lowest BCUT2D eigenvalue weighted by atomic mass is 10.2. The molecular weight excluding hydrogens is 336 g/mol. The van der Waals surface area contributed by atoms with Gasteiger partial charge in [0.2, 0.25) is 0 Å². The molecule has 2 unspecified atom stereocenters. The SMILES string of the molecule is CCCCS(=O)(=O)OS(=O)(=O)OC(=O)C(O)C(O)C(=O)O. The number of carbonyl (C=O) groups is 2. The maximum atomic E-state index is 11.2. The summed E-state index contributed by atoms with van der Waals surface area (Å²) in [5.74, 6) is -4.77. The molecule has 0 aromatic carbocycles. The van der Waals surface area contributed by atoms with Gasteiger partial charge in [0.05, 0.1) is 5.75 Å². The van der Waals surface area contributed by atoms with E-state index < -0.39 is 50.4 Å². The molecule has 0 aliphatic rings. The Labute approximate surface area is 120 Å². The van der Waals surface area contributed by atoms with Gasteiger partial charge in [0.25, 0.3) is 10.1 Å². The van der Waals surface area contributed by atoms with Gasteiger partial charge < -0.3 is 19.5 Å². The lowest BCUT2D eigenvalue weighted by Gasteiger charge is -2.12. The van der Waals surface area contributed by atoms with E-state index in [1.807, 2.05) is 0 Å². The molecule has 3 N–H and O–H groups in total. The Morgan fingerprint density at radius 3 is 2.05 bits per heavy atom. The van der Waals surface area contributed by atoms with Gasteiger partial charge in [0.15, 0.2) is 12.2 Å². The first-order valence-electron chi connectivity index (χ1n) is 5.43. The lowest BCUT2D eigenvalue weighted by Crippen LogP contribution is -2.41. The van der Waals surface area contributed by atoms with Gasteiger partial charge in [-0.15, -0.1) is 3.63 Å². The van der Waals surface area contributed by atoms with Gasteiger partial charge in [-0.2, -0.15) is 16.8 Å². The Kier molecular flexibility index (Phi) is 7.18. The summed E-state index contributed by atoms with van der Waals surface area (Å²) < 4.78 is 51.9. The number of carbonyl (C=O) groups excluding carboxylic acids is 1. The van der Waals surface area contributed by atoms with Crippen LogP contribution in [0.3, 0.4) is 0 Å². The third-order valence-electron chi connectivity index (χ3n) is 1.91. The average Bonchev–Trinajstić information content (AvgIpc) is 2.32. The molecule has 0 spiro atoms. The molecule has 13 heteroatoms. The standard InChI is InChI=1S/C8H14O11S2/c1-2-3-4-20(14,15)19-21(16,17)18-8(13)6(10)5(9)7(11)12/h5-6,9-10H,2-4H2,1H3,(H,11,12). The maximum absolute atomic E-state index is 11.2. The highest BCUT2D eigenvalue weighted by atomic mass is 32.3. The lowest BCUT2D eigenvalue weighted by molar-refractivity contribution is -0.164. The van der Waals surface area contributed by atoms with E-state index in [9.17, 15) is 26.4 Å². The Bertz CT molecular complexity index is 575. The Morgan fingerprint density at radius 1 is 1.10 bits per heavy atom. The van der Waals surface area contributed by atoms with Crippen LogP contribution in [0.4, 0.5) is 0 Å². The van der Waals surface area contributed by atoms with Crippen molar-refractivity contribution in [1.29, 1.82) is 0 Å². The Balaban J connectivity index is 4.83. The highest BCUT2D eigenvalue weighted by Crippen LogP contribution is 2.09. The normalized spacial score (nSPS) is 15.2. The minimum atomic E-state index is -5.37. The summed E-state index contributed by atoms with van der Waals surface area (Å²) in [7, 11) is -9.91. The number of hydrogen-bond donors (Lipinski definition) is 3. The highest BCUT2D eigenvalue weighted by Gasteiger charge is 2.36. The molecule has 0 aromatic rings. The van der Waals surface area contributed by atoms with Crippen molar-refractivity contribution in [3.05, 3.63) is 0 Å². The fraction of sp³-hybridized carbons (Fsp3) is 0.750. The van der Waals surface area contributed by atoms with Crippen LogP contribution in [0.25, 0.3) is 0 Å². The number of aliphatic carboxylic acids is 1. The van der Waals surface area contributed by atoms with Crippen molar-refractivity contribution in [3.8, 4) is 0 Å². The van der Waals surface area contributed by atoms with Gasteiger partial charge in [-0.25, -0.2) is 9.59 Å². The number of aliphatic hydroxyl groups is 2. The third-order valence-corrected chi connectivity index (χ3v) is 4.57. The first-order valence-corrected chi connectivity index (χ1v) is 8.34. The third kappa shape index (κ3) is 7.33. The number of hydrogen-bond acceptors (Lipinski definition) is 10. The summed E-state index contributed by atoms with van der Waals surface area (Å²) >= 11 is 0. The fourth-order valence-corrected chi connectivity index (χ4v) is 3.25. The predicted molar refractivity (Wildman–Crippen MR) is 64.4 cm³/mol.